The highest BCUT2D eigenvalue weighted by Crippen LogP contribution is 2.27. The van der Waals surface area contributed by atoms with Crippen molar-refractivity contribution in [3.05, 3.63) is 69.9 Å². The Hall–Kier alpha value is -3.06. The summed E-state index contributed by atoms with van der Waals surface area (Å²) < 4.78 is 0.951. The standard InChI is InChI=1S/C16H14ClN3O.CH2O3/c1-18-15-10-20(21)16(11-5-3-2-4-6-11)13-9-12(17)7-8-14(13)19-15;2-1(3)4/h2-9H,10H2,1H3,(H,18,19);(H2,2,3,4). The number of amidine groups is 1. The SMILES string of the molecule is CNC1=Nc2ccc(Cl)cc2C(c2ccccc2)=[N+]([O-])C1.O=C(O)O. The van der Waals surface area contributed by atoms with E-state index >= 15 is 0 Å². The molecule has 0 atom stereocenters. The van der Waals surface area contributed by atoms with Crippen LogP contribution in [0, 0.1) is 5.21 Å². The number of hydrogen-bond donors (Lipinski definition) is 3. The van der Waals surface area contributed by atoms with E-state index in [1.807, 2.05) is 36.4 Å². The highest BCUT2D eigenvalue weighted by atomic mass is 35.5. The molecule has 130 valence electrons. The van der Waals surface area contributed by atoms with Gasteiger partial charge in [-0.2, -0.15) is 4.74 Å². The molecule has 2 aromatic rings. The fourth-order valence-electron chi connectivity index (χ4n) is 2.36. The van der Waals surface area contributed by atoms with Crippen LogP contribution < -0.4 is 5.32 Å². The number of fused-ring (bicyclic) bond motifs is 1. The van der Waals surface area contributed by atoms with Crippen molar-refractivity contribution in [1.82, 2.24) is 5.32 Å². The molecule has 3 rings (SSSR count). The molecule has 1 aliphatic heterocycles. The maximum Gasteiger partial charge on any atom is 0.503 e. The van der Waals surface area contributed by atoms with Crippen molar-refractivity contribution in [2.75, 3.05) is 13.6 Å². The maximum absolute atomic E-state index is 12.6. The minimum Gasteiger partial charge on any atom is -0.623 e. The van der Waals surface area contributed by atoms with E-state index in [4.69, 9.17) is 26.6 Å². The van der Waals surface area contributed by atoms with Crippen LogP contribution in [-0.4, -0.2) is 46.2 Å². The first-order valence-electron chi connectivity index (χ1n) is 7.26. The van der Waals surface area contributed by atoms with E-state index in [2.05, 4.69) is 10.3 Å². The first kappa shape index (κ1) is 18.3. The van der Waals surface area contributed by atoms with Gasteiger partial charge in [-0.25, -0.2) is 9.79 Å². The third-order valence-electron chi connectivity index (χ3n) is 3.35. The van der Waals surface area contributed by atoms with E-state index in [9.17, 15) is 5.21 Å². The Morgan fingerprint density at radius 2 is 1.88 bits per heavy atom. The molecule has 0 saturated carbocycles. The number of aliphatic imine (C=N–C) groups is 1. The summed E-state index contributed by atoms with van der Waals surface area (Å²) >= 11 is 6.10. The van der Waals surface area contributed by atoms with Gasteiger partial charge in [0.2, 0.25) is 12.3 Å². The number of likely N-dealkylation sites (N-methyl/N-ethyl adjacent to an activating group) is 1. The van der Waals surface area contributed by atoms with E-state index in [1.165, 1.54) is 0 Å². The van der Waals surface area contributed by atoms with Crippen molar-refractivity contribution >= 4 is 35.0 Å². The summed E-state index contributed by atoms with van der Waals surface area (Å²) in [6, 6.07) is 15.0. The lowest BCUT2D eigenvalue weighted by Crippen LogP contribution is -2.29. The van der Waals surface area contributed by atoms with Gasteiger partial charge in [0.05, 0.1) is 11.3 Å². The van der Waals surface area contributed by atoms with Gasteiger partial charge >= 0.3 is 6.16 Å². The van der Waals surface area contributed by atoms with Gasteiger partial charge in [-0.15, -0.1) is 0 Å². The van der Waals surface area contributed by atoms with Crippen molar-refractivity contribution in [3.63, 3.8) is 0 Å². The van der Waals surface area contributed by atoms with Gasteiger partial charge in [0, 0.05) is 17.6 Å². The number of nitrogens with zero attached hydrogens (tertiary/aromatic N) is 2. The monoisotopic (exact) mass is 361 g/mol. The molecule has 0 amide bonds. The molecule has 25 heavy (non-hydrogen) atoms. The molecule has 0 unspecified atom stereocenters. The van der Waals surface area contributed by atoms with Gasteiger partial charge in [-0.3, -0.25) is 0 Å². The zero-order valence-corrected chi connectivity index (χ0v) is 14.1. The lowest BCUT2D eigenvalue weighted by atomic mass is 10.0. The van der Waals surface area contributed by atoms with E-state index in [0.29, 0.717) is 16.6 Å². The quantitative estimate of drug-likeness (QED) is 0.534. The highest BCUT2D eigenvalue weighted by molar-refractivity contribution is 6.31. The zero-order valence-electron chi connectivity index (χ0n) is 13.3. The number of nitrogens with one attached hydrogen (secondary N) is 1. The van der Waals surface area contributed by atoms with E-state index in [1.54, 1.807) is 19.2 Å². The Bertz CT molecular complexity index is 831. The second kappa shape index (κ2) is 8.16. The first-order valence-corrected chi connectivity index (χ1v) is 7.64. The van der Waals surface area contributed by atoms with Gasteiger partial charge in [0.1, 0.15) is 0 Å². The predicted octanol–water partition coefficient (Wildman–Crippen LogP) is 3.17. The summed E-state index contributed by atoms with van der Waals surface area (Å²) in [4.78, 5) is 13.1. The van der Waals surface area contributed by atoms with Crippen molar-refractivity contribution in [2.45, 2.75) is 0 Å². The summed E-state index contributed by atoms with van der Waals surface area (Å²) in [7, 11) is 1.76. The minimum atomic E-state index is -1.83. The van der Waals surface area contributed by atoms with E-state index < -0.39 is 6.16 Å². The van der Waals surface area contributed by atoms with Crippen LogP contribution in [0.15, 0.2) is 53.5 Å². The first-order chi connectivity index (χ1) is 11.9. The second-order valence-electron chi connectivity index (χ2n) is 5.00. The molecule has 0 spiro atoms. The zero-order chi connectivity index (χ0) is 18.4. The molecule has 0 saturated heterocycles. The average molecular weight is 362 g/mol. The van der Waals surface area contributed by atoms with Crippen molar-refractivity contribution in [3.8, 4) is 0 Å². The molecule has 0 aromatic heterocycles. The third kappa shape index (κ3) is 4.71. The molecule has 7 nitrogen and oxygen atoms in total. The summed E-state index contributed by atoms with van der Waals surface area (Å²) in [6.45, 7) is 0.174. The van der Waals surface area contributed by atoms with Gasteiger partial charge in [0.25, 0.3) is 0 Å². The third-order valence-corrected chi connectivity index (χ3v) is 3.58. The lowest BCUT2D eigenvalue weighted by molar-refractivity contribution is -0.439. The predicted molar refractivity (Wildman–Crippen MR) is 96.4 cm³/mol. The fraction of sp³-hybridized carbons (Fsp3) is 0.118. The van der Waals surface area contributed by atoms with Crippen LogP contribution in [0.3, 0.4) is 0 Å². The Morgan fingerprint density at radius 1 is 1.24 bits per heavy atom. The molecule has 3 N–H and O–H groups in total. The van der Waals surface area contributed by atoms with E-state index in [-0.39, 0.29) is 6.54 Å². The van der Waals surface area contributed by atoms with E-state index in [0.717, 1.165) is 21.6 Å². The molecule has 1 aliphatic rings. The maximum atomic E-state index is 12.6. The smallest absolute Gasteiger partial charge is 0.503 e. The Kier molecular flexibility index (Phi) is 5.97. The number of halogens is 1. The Morgan fingerprint density at radius 3 is 2.48 bits per heavy atom. The van der Waals surface area contributed by atoms with Crippen LogP contribution in [0.2, 0.25) is 5.02 Å². The van der Waals surface area contributed by atoms with Crippen LogP contribution in [0.5, 0.6) is 0 Å². The molecule has 1 heterocycles. The van der Waals surface area contributed by atoms with Crippen LogP contribution in [-0.2, 0) is 0 Å². The van der Waals surface area contributed by atoms with Crippen molar-refractivity contribution < 1.29 is 19.7 Å². The molecule has 0 fully saturated rings. The summed E-state index contributed by atoms with van der Waals surface area (Å²) in [5.41, 5.74) is 2.92. The molecule has 0 bridgehead atoms. The molecule has 0 radical (unpaired) electrons. The second-order valence-corrected chi connectivity index (χ2v) is 5.44. The topological polar surface area (TPSA) is 108 Å². The van der Waals surface area contributed by atoms with Crippen LogP contribution >= 0.6 is 11.6 Å². The average Bonchev–Trinajstić information content (AvgIpc) is 2.70. The van der Waals surface area contributed by atoms with Crippen molar-refractivity contribution in [1.29, 1.82) is 0 Å². The number of benzene rings is 2. The number of hydroxylamine groups is 1. The van der Waals surface area contributed by atoms with Crippen LogP contribution in [0.25, 0.3) is 0 Å². The fourth-order valence-corrected chi connectivity index (χ4v) is 2.53. The van der Waals surface area contributed by atoms with Crippen LogP contribution in [0.1, 0.15) is 11.1 Å². The molecule has 8 heteroatoms. The normalized spacial score (nSPS) is 13.0. The lowest BCUT2D eigenvalue weighted by Gasteiger charge is -2.10. The number of rotatable bonds is 1. The summed E-state index contributed by atoms with van der Waals surface area (Å²) in [5.74, 6) is 0.625. The number of hydrogen-bond acceptors (Lipinski definition) is 4. The molecule has 0 aliphatic carbocycles. The van der Waals surface area contributed by atoms with Crippen molar-refractivity contribution in [2.24, 2.45) is 4.99 Å². The molecule has 2 aromatic carbocycles. The summed E-state index contributed by atoms with van der Waals surface area (Å²) in [5, 5.41) is 30.1. The van der Waals surface area contributed by atoms with Crippen LogP contribution in [0.4, 0.5) is 10.5 Å². The van der Waals surface area contributed by atoms with Gasteiger partial charge in [-0.05, 0) is 30.3 Å². The molecular weight excluding hydrogens is 346 g/mol. The number of carbonyl (C=O) groups is 1. The highest BCUT2D eigenvalue weighted by Gasteiger charge is 2.24. The summed E-state index contributed by atoms with van der Waals surface area (Å²) in [6.07, 6.45) is -1.83. The minimum absolute atomic E-state index is 0.174. The Labute approximate surface area is 149 Å². The Balaban J connectivity index is 0.000000511. The van der Waals surface area contributed by atoms with Gasteiger partial charge < -0.3 is 20.7 Å². The van der Waals surface area contributed by atoms with Gasteiger partial charge in [-0.1, -0.05) is 29.8 Å². The van der Waals surface area contributed by atoms with Gasteiger partial charge in [0.15, 0.2) is 5.84 Å². The number of carboxylic acid groups (broad SMARTS) is 2. The molecular formula is C17H16ClN3O4. The largest absolute Gasteiger partial charge is 0.623 e.